The first-order valence-corrected chi connectivity index (χ1v) is 27.2. The maximum Gasteiger partial charge on any atom is 0.0557 e. The van der Waals surface area contributed by atoms with Crippen molar-refractivity contribution in [1.82, 2.24) is 0 Å². The molecule has 364 valence electrons. The second kappa shape index (κ2) is 17.8. The molecule has 2 atom stereocenters. The molecule has 1 aliphatic rings. The molecule has 0 spiro atoms. The van der Waals surface area contributed by atoms with Crippen LogP contribution >= 0.6 is 0 Å². The normalized spacial score (nSPS) is 14.4. The Hall–Kier alpha value is -10.0. The number of nitrogens with one attached hydrogen (secondary N) is 1. The Morgan fingerprint density at radius 3 is 1.26 bits per heavy atom. The third-order valence-corrected chi connectivity index (χ3v) is 16.8. The van der Waals surface area contributed by atoms with Crippen LogP contribution in [0.2, 0.25) is 0 Å². The first-order chi connectivity index (χ1) is 38.6. The minimum atomic E-state index is -0.0518. The van der Waals surface area contributed by atoms with E-state index in [4.69, 9.17) is 0 Å². The molecule has 0 heterocycles. The van der Waals surface area contributed by atoms with Gasteiger partial charge in [0.1, 0.15) is 0 Å². The Morgan fingerprint density at radius 1 is 0.295 bits per heavy atom. The Kier molecular flexibility index (Phi) is 10.1. The summed E-state index contributed by atoms with van der Waals surface area (Å²) in [7, 11) is 0. The summed E-state index contributed by atoms with van der Waals surface area (Å²) in [6, 6.07) is 102. The summed E-state index contributed by atoms with van der Waals surface area (Å²) < 4.78 is 0. The quantitative estimate of drug-likeness (QED) is 0.153. The Balaban J connectivity index is 1.03. The predicted molar refractivity (Wildman–Crippen MR) is 334 cm³/mol. The molecule has 1 aliphatic carbocycles. The summed E-state index contributed by atoms with van der Waals surface area (Å²) in [6.45, 7) is 0. The van der Waals surface area contributed by atoms with E-state index in [0.717, 1.165) is 22.7 Å². The number of benzene rings is 15. The van der Waals surface area contributed by atoms with Crippen molar-refractivity contribution in [2.24, 2.45) is 0 Å². The van der Waals surface area contributed by atoms with E-state index in [1.807, 2.05) is 0 Å². The standard InChI is InChI=1S/C76H50N2/c1-6-18-53-39-60(27-25-48(53)13-1)69-46-71(72-44-58-23-11-12-24-59(58)45-73(72)77-62-32-29-50-15-3-8-20-55(50)41-62)67-36-35-66-70(61-28-26-49-14-2-7-19-54(49)40-61)47-74(68-38-37-65(69)75(67)76(66)68)78(63-33-30-51-16-4-9-21-56(51)42-63)64-34-31-52-17-5-10-22-57(52)43-64/h1-47,72-73,77H. The van der Waals surface area contributed by atoms with Gasteiger partial charge in [0, 0.05) is 33.8 Å². The maximum absolute atomic E-state index is 4.11. The zero-order valence-corrected chi connectivity index (χ0v) is 42.7. The molecule has 1 N–H and O–H groups in total. The summed E-state index contributed by atoms with van der Waals surface area (Å²) in [6.07, 6.45) is 4.99. The highest BCUT2D eigenvalue weighted by Crippen LogP contribution is 2.51. The fraction of sp³-hybridized carbons (Fsp3) is 0.0263. The van der Waals surface area contributed by atoms with Crippen LogP contribution in [0.5, 0.6) is 0 Å². The first kappa shape index (κ1) is 44.3. The van der Waals surface area contributed by atoms with Crippen molar-refractivity contribution in [3.8, 4) is 22.3 Å². The molecule has 0 aliphatic heterocycles. The van der Waals surface area contributed by atoms with Gasteiger partial charge < -0.3 is 10.2 Å². The SMILES string of the molecule is C1=c2ccccc2=CC(c2cc(-c3ccc4ccccc4c3)c3ccc4c(N(c5ccc6ccccc6c5)c5ccc6ccccc6c5)cc(-c5ccc6ccccc6c5)c5ccc2c3c54)C1Nc1ccc2ccccc2c1. The van der Waals surface area contributed by atoms with Gasteiger partial charge in [-0.2, -0.15) is 0 Å². The first-order valence-electron chi connectivity index (χ1n) is 27.2. The average molecular weight is 991 g/mol. The number of fused-ring (bicyclic) bond motifs is 6. The highest BCUT2D eigenvalue weighted by molar-refractivity contribution is 6.31. The van der Waals surface area contributed by atoms with Gasteiger partial charge in [0.15, 0.2) is 0 Å². The highest BCUT2D eigenvalue weighted by atomic mass is 15.1. The third-order valence-electron chi connectivity index (χ3n) is 16.8. The van der Waals surface area contributed by atoms with E-state index < -0.39 is 0 Å². The van der Waals surface area contributed by atoms with Gasteiger partial charge in [-0.1, -0.05) is 224 Å². The molecule has 15 aromatic rings. The minimum Gasteiger partial charge on any atom is -0.378 e. The molecule has 0 bridgehead atoms. The van der Waals surface area contributed by atoms with Crippen LogP contribution < -0.4 is 20.7 Å². The van der Waals surface area contributed by atoms with Gasteiger partial charge in [0.2, 0.25) is 0 Å². The fourth-order valence-electron chi connectivity index (χ4n) is 13.0. The molecule has 2 unspecified atom stereocenters. The smallest absolute Gasteiger partial charge is 0.0557 e. The molecular formula is C76H50N2. The lowest BCUT2D eigenvalue weighted by molar-refractivity contribution is 0.822. The Morgan fingerprint density at radius 2 is 0.705 bits per heavy atom. The van der Waals surface area contributed by atoms with Crippen molar-refractivity contribution in [3.05, 3.63) is 289 Å². The van der Waals surface area contributed by atoms with Crippen LogP contribution in [0.4, 0.5) is 22.7 Å². The molecule has 78 heavy (non-hydrogen) atoms. The molecule has 15 aromatic carbocycles. The fourth-order valence-corrected chi connectivity index (χ4v) is 13.0. The molecule has 0 amide bonds. The number of hydrogen-bond donors (Lipinski definition) is 1. The Bertz CT molecular complexity index is 4970. The zero-order chi connectivity index (χ0) is 51.3. The van der Waals surface area contributed by atoms with E-state index >= 15 is 0 Å². The third kappa shape index (κ3) is 7.33. The summed E-state index contributed by atoms with van der Waals surface area (Å²) >= 11 is 0. The van der Waals surface area contributed by atoms with Crippen LogP contribution in [0, 0.1) is 0 Å². The van der Waals surface area contributed by atoms with Gasteiger partial charge in [-0.3, -0.25) is 0 Å². The van der Waals surface area contributed by atoms with E-state index in [2.05, 4.69) is 295 Å². The number of rotatable bonds is 8. The molecule has 0 saturated heterocycles. The minimum absolute atomic E-state index is 0.0266. The van der Waals surface area contributed by atoms with E-state index in [-0.39, 0.29) is 12.0 Å². The van der Waals surface area contributed by atoms with Crippen LogP contribution in [0.15, 0.2) is 273 Å². The van der Waals surface area contributed by atoms with Crippen LogP contribution in [-0.2, 0) is 0 Å². The predicted octanol–water partition coefficient (Wildman–Crippen LogP) is 19.0. The summed E-state index contributed by atoms with van der Waals surface area (Å²) in [5.74, 6) is -0.0266. The molecule has 0 fully saturated rings. The number of hydrogen-bond acceptors (Lipinski definition) is 2. The molecular weight excluding hydrogens is 941 g/mol. The van der Waals surface area contributed by atoms with Gasteiger partial charge in [0.05, 0.1) is 11.7 Å². The zero-order valence-electron chi connectivity index (χ0n) is 42.7. The Labute approximate surface area is 452 Å². The van der Waals surface area contributed by atoms with Crippen molar-refractivity contribution in [2.75, 3.05) is 10.2 Å². The van der Waals surface area contributed by atoms with Crippen molar-refractivity contribution < 1.29 is 0 Å². The van der Waals surface area contributed by atoms with Gasteiger partial charge in [-0.25, -0.2) is 0 Å². The second-order valence-electron chi connectivity index (χ2n) is 21.3. The van der Waals surface area contributed by atoms with Crippen molar-refractivity contribution >= 4 is 121 Å². The second-order valence-corrected chi connectivity index (χ2v) is 21.3. The van der Waals surface area contributed by atoms with Gasteiger partial charge in [-0.15, -0.1) is 0 Å². The van der Waals surface area contributed by atoms with Gasteiger partial charge >= 0.3 is 0 Å². The monoisotopic (exact) mass is 990 g/mol. The molecule has 2 heteroatoms. The molecule has 0 saturated carbocycles. The molecule has 0 aromatic heterocycles. The van der Waals surface area contributed by atoms with Crippen LogP contribution in [0.25, 0.3) is 121 Å². The van der Waals surface area contributed by atoms with Crippen LogP contribution in [0.1, 0.15) is 11.5 Å². The largest absolute Gasteiger partial charge is 0.378 e. The van der Waals surface area contributed by atoms with Crippen LogP contribution in [-0.4, -0.2) is 6.04 Å². The van der Waals surface area contributed by atoms with Gasteiger partial charge in [-0.05, 0) is 174 Å². The van der Waals surface area contributed by atoms with Crippen LogP contribution in [0.3, 0.4) is 0 Å². The summed E-state index contributed by atoms with van der Waals surface area (Å²) in [5, 5.41) is 26.3. The number of anilines is 4. The lowest BCUT2D eigenvalue weighted by Gasteiger charge is -2.31. The molecule has 2 nitrogen and oxygen atoms in total. The van der Waals surface area contributed by atoms with Gasteiger partial charge in [0.25, 0.3) is 0 Å². The highest BCUT2D eigenvalue weighted by Gasteiger charge is 2.29. The summed E-state index contributed by atoms with van der Waals surface area (Å²) in [4.78, 5) is 2.52. The van der Waals surface area contributed by atoms with E-state index in [9.17, 15) is 0 Å². The van der Waals surface area contributed by atoms with Crippen molar-refractivity contribution in [2.45, 2.75) is 12.0 Å². The maximum atomic E-state index is 4.11. The molecule has 0 radical (unpaired) electrons. The lowest BCUT2D eigenvalue weighted by Crippen LogP contribution is -2.37. The average Bonchev–Trinajstić information content (AvgIpc) is 3.68. The van der Waals surface area contributed by atoms with E-state index in [1.54, 1.807) is 0 Å². The lowest BCUT2D eigenvalue weighted by atomic mass is 9.78. The van der Waals surface area contributed by atoms with E-state index in [0.29, 0.717) is 0 Å². The van der Waals surface area contributed by atoms with E-state index in [1.165, 1.54) is 124 Å². The van der Waals surface area contributed by atoms with Crippen molar-refractivity contribution in [3.63, 3.8) is 0 Å². The van der Waals surface area contributed by atoms with Crippen molar-refractivity contribution in [1.29, 1.82) is 0 Å². The topological polar surface area (TPSA) is 15.3 Å². The number of nitrogens with zero attached hydrogens (tertiary/aromatic N) is 1. The molecule has 16 rings (SSSR count). The summed E-state index contributed by atoms with van der Waals surface area (Å²) in [5.41, 5.74) is 10.6.